The van der Waals surface area contributed by atoms with Gasteiger partial charge in [-0.25, -0.2) is 4.68 Å². The van der Waals surface area contributed by atoms with Crippen LogP contribution in [0.25, 0.3) is 0 Å². The number of ether oxygens (including phenoxy) is 1. The fourth-order valence-electron chi connectivity index (χ4n) is 2.53. The van der Waals surface area contributed by atoms with E-state index >= 15 is 0 Å². The Kier molecular flexibility index (Phi) is 8.16. The molecular weight excluding hydrogens is 322 g/mol. The van der Waals surface area contributed by atoms with E-state index in [4.69, 9.17) is 4.74 Å². The number of nitrogens with zero attached hydrogens (tertiary/aromatic N) is 2. The zero-order valence-corrected chi connectivity index (χ0v) is 15.4. The summed E-state index contributed by atoms with van der Waals surface area (Å²) in [5, 5.41) is 7.79. The first-order valence-electron chi connectivity index (χ1n) is 8.75. The largest absolute Gasteiger partial charge is 0.473 e. The molecular formula is C22H27N3O. The van der Waals surface area contributed by atoms with Gasteiger partial charge in [-0.15, -0.1) is 0 Å². The molecule has 136 valence electrons. The Morgan fingerprint density at radius 2 is 2.04 bits per heavy atom. The molecule has 0 spiro atoms. The zero-order valence-electron chi connectivity index (χ0n) is 15.4. The van der Waals surface area contributed by atoms with Crippen LogP contribution in [0.3, 0.4) is 0 Å². The Morgan fingerprint density at radius 1 is 1.23 bits per heavy atom. The topological polar surface area (TPSA) is 39.1 Å². The number of aromatic nitrogens is 2. The summed E-state index contributed by atoms with van der Waals surface area (Å²) in [5.41, 5.74) is 3.27. The minimum absolute atomic E-state index is 0.451. The van der Waals surface area contributed by atoms with Crippen molar-refractivity contribution < 1.29 is 4.74 Å². The summed E-state index contributed by atoms with van der Waals surface area (Å²) in [6.45, 7) is 9.38. The molecule has 0 aliphatic carbocycles. The maximum absolute atomic E-state index is 6.04. The summed E-state index contributed by atoms with van der Waals surface area (Å²) in [5.74, 6) is 0.771. The Hall–Kier alpha value is -2.85. The number of allylic oxidation sites excluding steroid dienone is 4. The van der Waals surface area contributed by atoms with Crippen LogP contribution in [0.5, 0.6) is 5.88 Å². The van der Waals surface area contributed by atoms with Gasteiger partial charge < -0.3 is 10.1 Å². The van der Waals surface area contributed by atoms with E-state index in [9.17, 15) is 0 Å². The summed E-state index contributed by atoms with van der Waals surface area (Å²) in [7, 11) is 1.91. The van der Waals surface area contributed by atoms with Crippen LogP contribution in [0.4, 0.5) is 0 Å². The number of benzene rings is 1. The summed E-state index contributed by atoms with van der Waals surface area (Å²) in [6, 6.07) is 12.4. The second kappa shape index (κ2) is 10.9. The normalized spacial score (nSPS) is 11.7. The van der Waals surface area contributed by atoms with Crippen molar-refractivity contribution in [2.45, 2.75) is 19.5 Å². The van der Waals surface area contributed by atoms with Gasteiger partial charge in [-0.3, -0.25) is 0 Å². The predicted molar refractivity (Wildman–Crippen MR) is 108 cm³/mol. The van der Waals surface area contributed by atoms with Crippen molar-refractivity contribution in [2.75, 3.05) is 13.7 Å². The number of aryl methyl sites for hydroxylation is 2. The highest BCUT2D eigenvalue weighted by Gasteiger charge is 2.09. The van der Waals surface area contributed by atoms with Gasteiger partial charge in [0.05, 0.1) is 5.69 Å². The summed E-state index contributed by atoms with van der Waals surface area (Å²) in [4.78, 5) is 0. The fourth-order valence-corrected chi connectivity index (χ4v) is 2.53. The van der Waals surface area contributed by atoms with Crippen LogP contribution in [-0.4, -0.2) is 23.4 Å². The SMILES string of the molecule is C=C/C=C\C(=C/C=C)COc1cc(CNC)nn1CCc1ccccc1. The molecule has 2 aromatic rings. The van der Waals surface area contributed by atoms with Gasteiger partial charge in [0.25, 0.3) is 0 Å². The summed E-state index contributed by atoms with van der Waals surface area (Å²) < 4.78 is 7.97. The molecule has 0 radical (unpaired) electrons. The maximum Gasteiger partial charge on any atom is 0.212 e. The molecule has 1 aromatic carbocycles. The second-order valence-electron chi connectivity index (χ2n) is 5.82. The lowest BCUT2D eigenvalue weighted by Crippen LogP contribution is -2.10. The van der Waals surface area contributed by atoms with E-state index in [2.05, 4.69) is 47.8 Å². The first-order valence-corrected chi connectivity index (χ1v) is 8.75. The molecule has 0 fully saturated rings. The van der Waals surface area contributed by atoms with E-state index in [0.717, 1.165) is 30.1 Å². The molecule has 0 unspecified atom stereocenters. The number of hydrogen-bond acceptors (Lipinski definition) is 3. The Bertz CT molecular complexity index is 757. The van der Waals surface area contributed by atoms with Crippen LogP contribution in [0, 0.1) is 0 Å². The van der Waals surface area contributed by atoms with Crippen molar-refractivity contribution in [1.29, 1.82) is 0 Å². The third kappa shape index (κ3) is 6.22. The number of hydrogen-bond donors (Lipinski definition) is 1. The molecule has 0 saturated heterocycles. The highest BCUT2D eigenvalue weighted by Crippen LogP contribution is 2.16. The Labute approximate surface area is 156 Å². The number of nitrogens with one attached hydrogen (secondary N) is 1. The van der Waals surface area contributed by atoms with Gasteiger partial charge >= 0.3 is 0 Å². The Balaban J connectivity index is 2.09. The fraction of sp³-hybridized carbons (Fsp3) is 0.227. The molecule has 0 saturated carbocycles. The van der Waals surface area contributed by atoms with E-state index in [-0.39, 0.29) is 0 Å². The lowest BCUT2D eigenvalue weighted by molar-refractivity contribution is 0.313. The van der Waals surface area contributed by atoms with Gasteiger partial charge in [0.15, 0.2) is 0 Å². The summed E-state index contributed by atoms with van der Waals surface area (Å²) in [6.07, 6.45) is 10.2. The predicted octanol–water partition coefficient (Wildman–Crippen LogP) is 4.08. The van der Waals surface area contributed by atoms with Crippen LogP contribution in [-0.2, 0) is 19.5 Å². The van der Waals surface area contributed by atoms with Crippen molar-refractivity contribution >= 4 is 0 Å². The highest BCUT2D eigenvalue weighted by atomic mass is 16.5. The first-order chi connectivity index (χ1) is 12.8. The van der Waals surface area contributed by atoms with E-state index in [1.54, 1.807) is 12.2 Å². The molecule has 1 heterocycles. The van der Waals surface area contributed by atoms with Crippen molar-refractivity contribution in [3.63, 3.8) is 0 Å². The smallest absolute Gasteiger partial charge is 0.212 e. The average molecular weight is 349 g/mol. The van der Waals surface area contributed by atoms with Crippen molar-refractivity contribution in [1.82, 2.24) is 15.1 Å². The molecule has 0 amide bonds. The summed E-state index contributed by atoms with van der Waals surface area (Å²) >= 11 is 0. The van der Waals surface area contributed by atoms with Crippen LogP contribution in [0.1, 0.15) is 11.3 Å². The molecule has 4 nitrogen and oxygen atoms in total. The lowest BCUT2D eigenvalue weighted by Gasteiger charge is -2.10. The van der Waals surface area contributed by atoms with Gasteiger partial charge in [-0.05, 0) is 24.6 Å². The highest BCUT2D eigenvalue weighted by molar-refractivity contribution is 5.27. The quantitative estimate of drug-likeness (QED) is 0.621. The Morgan fingerprint density at radius 3 is 2.73 bits per heavy atom. The van der Waals surface area contributed by atoms with Crippen LogP contribution in [0.2, 0.25) is 0 Å². The molecule has 1 N–H and O–H groups in total. The van der Waals surface area contributed by atoms with Gasteiger partial charge in [-0.1, -0.05) is 73.9 Å². The lowest BCUT2D eigenvalue weighted by atomic mass is 10.1. The standard InChI is InChI=1S/C22H27N3O/c1-4-6-11-20(10-5-2)18-26-22-16-21(17-23-3)24-25(22)15-14-19-12-8-7-9-13-19/h4-13,16,23H,1-2,14-15,17-18H2,3H3/b11-6-,20-10+. The van der Waals surface area contributed by atoms with E-state index < -0.39 is 0 Å². The molecule has 0 aliphatic heterocycles. The molecule has 4 heteroatoms. The molecule has 1 aromatic heterocycles. The minimum atomic E-state index is 0.451. The molecule has 0 aliphatic rings. The third-order valence-corrected chi connectivity index (χ3v) is 3.77. The monoisotopic (exact) mass is 349 g/mol. The molecule has 2 rings (SSSR count). The third-order valence-electron chi connectivity index (χ3n) is 3.77. The van der Waals surface area contributed by atoms with Crippen molar-refractivity contribution in [3.05, 3.63) is 96.8 Å². The molecule has 26 heavy (non-hydrogen) atoms. The molecule has 0 bridgehead atoms. The van der Waals surface area contributed by atoms with E-state index in [0.29, 0.717) is 13.2 Å². The van der Waals surface area contributed by atoms with Crippen LogP contribution < -0.4 is 10.1 Å². The van der Waals surface area contributed by atoms with Gasteiger partial charge in [0.2, 0.25) is 5.88 Å². The van der Waals surface area contributed by atoms with Gasteiger partial charge in [0.1, 0.15) is 6.61 Å². The van der Waals surface area contributed by atoms with Gasteiger partial charge in [0, 0.05) is 19.2 Å². The molecule has 0 atom stereocenters. The number of rotatable bonds is 11. The zero-order chi connectivity index (χ0) is 18.6. The van der Waals surface area contributed by atoms with Crippen molar-refractivity contribution in [2.24, 2.45) is 0 Å². The van der Waals surface area contributed by atoms with E-state index in [1.807, 2.05) is 42.1 Å². The minimum Gasteiger partial charge on any atom is -0.473 e. The van der Waals surface area contributed by atoms with Gasteiger partial charge in [-0.2, -0.15) is 5.10 Å². The average Bonchev–Trinajstić information content (AvgIpc) is 3.05. The van der Waals surface area contributed by atoms with Crippen LogP contribution >= 0.6 is 0 Å². The van der Waals surface area contributed by atoms with Crippen LogP contribution in [0.15, 0.2) is 85.5 Å². The first kappa shape index (κ1) is 19.5. The second-order valence-corrected chi connectivity index (χ2v) is 5.82. The van der Waals surface area contributed by atoms with Crippen molar-refractivity contribution in [3.8, 4) is 5.88 Å². The van der Waals surface area contributed by atoms with E-state index in [1.165, 1.54) is 5.56 Å². The maximum atomic E-state index is 6.04.